The van der Waals surface area contributed by atoms with Crippen molar-refractivity contribution in [2.24, 2.45) is 5.14 Å². The number of carbonyl (C=O) groups is 1. The molecule has 1 amide bonds. The number of primary sulfonamides is 1. The summed E-state index contributed by atoms with van der Waals surface area (Å²) in [5, 5.41) is 8.19. The molecule has 1 aliphatic heterocycles. The topological polar surface area (TPSA) is 108 Å². The van der Waals surface area contributed by atoms with Gasteiger partial charge in [0.05, 0.1) is 16.0 Å². The van der Waals surface area contributed by atoms with Gasteiger partial charge in [0.1, 0.15) is 0 Å². The molecule has 7 nitrogen and oxygen atoms in total. The Kier molecular flexibility index (Phi) is 4.59. The van der Waals surface area contributed by atoms with Gasteiger partial charge in [0, 0.05) is 5.56 Å². The second kappa shape index (κ2) is 6.55. The van der Waals surface area contributed by atoms with Crippen LogP contribution in [0.5, 0.6) is 11.5 Å². The lowest BCUT2D eigenvalue weighted by Crippen LogP contribution is -2.27. The molecule has 0 fully saturated rings. The monoisotopic (exact) mass is 382 g/mol. The molecule has 0 bridgehead atoms. The number of hydrogen-bond acceptors (Lipinski definition) is 5. The lowest BCUT2D eigenvalue weighted by atomic mass is 10.1. The zero-order valence-corrected chi connectivity index (χ0v) is 14.7. The number of hydrogen-bond donors (Lipinski definition) is 2. The van der Waals surface area contributed by atoms with Crippen molar-refractivity contribution in [2.45, 2.75) is 17.9 Å². The number of sulfonamides is 1. The standard InChI is InChI=1S/C16H15ClN2O5S/c1-9(10-3-2-4-12(5-10)25(18,21)22)19-16(20)11-6-13(17)15-14(7-11)23-8-24-15/h2-7,9H,8H2,1H3,(H,19,20)(H2,18,21,22)/t9-/m1/s1. The van der Waals surface area contributed by atoms with E-state index < -0.39 is 16.1 Å². The van der Waals surface area contributed by atoms with Crippen molar-refractivity contribution in [3.05, 3.63) is 52.5 Å². The normalized spacial score (nSPS) is 14.2. The van der Waals surface area contributed by atoms with Crippen LogP contribution >= 0.6 is 11.6 Å². The Morgan fingerprint density at radius 2 is 2.04 bits per heavy atom. The van der Waals surface area contributed by atoms with Gasteiger partial charge in [-0.1, -0.05) is 23.7 Å². The van der Waals surface area contributed by atoms with Crippen molar-refractivity contribution >= 4 is 27.5 Å². The van der Waals surface area contributed by atoms with Crippen LogP contribution in [0.15, 0.2) is 41.3 Å². The fourth-order valence-electron chi connectivity index (χ4n) is 2.42. The molecule has 1 atom stereocenters. The molecule has 0 saturated carbocycles. The van der Waals surface area contributed by atoms with Gasteiger partial charge in [-0.25, -0.2) is 13.6 Å². The maximum Gasteiger partial charge on any atom is 0.251 e. The Hall–Kier alpha value is -2.29. The molecule has 1 aliphatic rings. The first-order valence-electron chi connectivity index (χ1n) is 7.28. The summed E-state index contributed by atoms with van der Waals surface area (Å²) in [5.41, 5.74) is 0.912. The average molecular weight is 383 g/mol. The van der Waals surface area contributed by atoms with Gasteiger partial charge in [-0.3, -0.25) is 4.79 Å². The minimum Gasteiger partial charge on any atom is -0.454 e. The van der Waals surface area contributed by atoms with E-state index in [1.54, 1.807) is 19.1 Å². The molecule has 25 heavy (non-hydrogen) atoms. The van der Waals surface area contributed by atoms with Crippen LogP contribution in [0.25, 0.3) is 0 Å². The molecule has 2 aromatic rings. The number of nitrogens with two attached hydrogens (primary N) is 1. The molecule has 2 aromatic carbocycles. The fraction of sp³-hybridized carbons (Fsp3) is 0.188. The first kappa shape index (κ1) is 17.5. The number of amides is 1. The summed E-state index contributed by atoms with van der Waals surface area (Å²) in [7, 11) is -3.81. The van der Waals surface area contributed by atoms with Gasteiger partial charge in [0.25, 0.3) is 5.91 Å². The van der Waals surface area contributed by atoms with E-state index in [0.717, 1.165) is 0 Å². The third-order valence-electron chi connectivity index (χ3n) is 3.72. The van der Waals surface area contributed by atoms with Gasteiger partial charge in [-0.15, -0.1) is 0 Å². The zero-order chi connectivity index (χ0) is 18.2. The van der Waals surface area contributed by atoms with E-state index in [2.05, 4.69) is 5.32 Å². The minimum atomic E-state index is -3.81. The van der Waals surface area contributed by atoms with Crippen molar-refractivity contribution in [2.75, 3.05) is 6.79 Å². The van der Waals surface area contributed by atoms with E-state index in [9.17, 15) is 13.2 Å². The van der Waals surface area contributed by atoms with Crippen molar-refractivity contribution in [1.29, 1.82) is 0 Å². The van der Waals surface area contributed by atoms with E-state index in [1.165, 1.54) is 24.3 Å². The molecular formula is C16H15ClN2O5S. The van der Waals surface area contributed by atoms with E-state index in [0.29, 0.717) is 22.6 Å². The molecule has 0 radical (unpaired) electrons. The van der Waals surface area contributed by atoms with Gasteiger partial charge >= 0.3 is 0 Å². The summed E-state index contributed by atoms with van der Waals surface area (Å²) in [6.45, 7) is 1.78. The summed E-state index contributed by atoms with van der Waals surface area (Å²) in [5.74, 6) is 0.433. The quantitative estimate of drug-likeness (QED) is 0.842. The van der Waals surface area contributed by atoms with Gasteiger partial charge in [0.2, 0.25) is 16.8 Å². The van der Waals surface area contributed by atoms with Crippen LogP contribution in [-0.2, 0) is 10.0 Å². The second-order valence-electron chi connectivity index (χ2n) is 5.50. The smallest absolute Gasteiger partial charge is 0.251 e. The number of nitrogens with one attached hydrogen (secondary N) is 1. The van der Waals surface area contributed by atoms with E-state index in [4.69, 9.17) is 26.2 Å². The Morgan fingerprint density at radius 1 is 1.28 bits per heavy atom. The van der Waals surface area contributed by atoms with Crippen LogP contribution in [0, 0.1) is 0 Å². The van der Waals surface area contributed by atoms with E-state index in [-0.39, 0.29) is 22.6 Å². The summed E-state index contributed by atoms with van der Waals surface area (Å²) in [4.78, 5) is 12.4. The maximum atomic E-state index is 12.5. The Morgan fingerprint density at radius 3 is 2.76 bits per heavy atom. The lowest BCUT2D eigenvalue weighted by molar-refractivity contribution is 0.0939. The maximum absolute atomic E-state index is 12.5. The third-order valence-corrected chi connectivity index (χ3v) is 4.92. The Balaban J connectivity index is 1.81. The minimum absolute atomic E-state index is 0.0165. The van der Waals surface area contributed by atoms with Gasteiger partial charge in [0.15, 0.2) is 11.5 Å². The van der Waals surface area contributed by atoms with Crippen LogP contribution in [0.1, 0.15) is 28.9 Å². The van der Waals surface area contributed by atoms with Crippen LogP contribution in [0.4, 0.5) is 0 Å². The lowest BCUT2D eigenvalue weighted by Gasteiger charge is -2.15. The van der Waals surface area contributed by atoms with E-state index in [1.807, 2.05) is 0 Å². The zero-order valence-electron chi connectivity index (χ0n) is 13.2. The summed E-state index contributed by atoms with van der Waals surface area (Å²) < 4.78 is 33.3. The fourth-order valence-corrected chi connectivity index (χ4v) is 3.26. The number of fused-ring (bicyclic) bond motifs is 1. The Bertz CT molecular complexity index is 946. The molecule has 0 aliphatic carbocycles. The van der Waals surface area contributed by atoms with Gasteiger partial charge in [-0.2, -0.15) is 0 Å². The van der Waals surface area contributed by atoms with Crippen molar-refractivity contribution < 1.29 is 22.7 Å². The highest BCUT2D eigenvalue weighted by Gasteiger charge is 2.21. The average Bonchev–Trinajstić information content (AvgIpc) is 3.03. The Labute approximate surface area is 149 Å². The number of rotatable bonds is 4. The highest BCUT2D eigenvalue weighted by Crippen LogP contribution is 2.39. The number of carbonyl (C=O) groups excluding carboxylic acids is 1. The van der Waals surface area contributed by atoms with Crippen molar-refractivity contribution in [3.8, 4) is 11.5 Å². The SMILES string of the molecule is C[C@@H](NC(=O)c1cc(Cl)c2c(c1)OCO2)c1cccc(S(N)(=O)=O)c1. The molecule has 0 aromatic heterocycles. The van der Waals surface area contributed by atoms with Gasteiger partial charge < -0.3 is 14.8 Å². The van der Waals surface area contributed by atoms with Crippen molar-refractivity contribution in [3.63, 3.8) is 0 Å². The molecule has 0 saturated heterocycles. The molecule has 1 heterocycles. The van der Waals surface area contributed by atoms with Crippen molar-refractivity contribution in [1.82, 2.24) is 5.32 Å². The molecule has 132 valence electrons. The summed E-state index contributed by atoms with van der Waals surface area (Å²) in [6, 6.07) is 8.66. The first-order chi connectivity index (χ1) is 11.8. The van der Waals surface area contributed by atoms with Crippen LogP contribution in [0.3, 0.4) is 0 Å². The number of ether oxygens (including phenoxy) is 2. The molecule has 0 unspecified atom stereocenters. The third kappa shape index (κ3) is 3.71. The van der Waals surface area contributed by atoms with Crippen LogP contribution in [-0.4, -0.2) is 21.1 Å². The second-order valence-corrected chi connectivity index (χ2v) is 7.47. The summed E-state index contributed by atoms with van der Waals surface area (Å²) in [6.07, 6.45) is 0. The number of halogens is 1. The molecule has 3 N–H and O–H groups in total. The van der Waals surface area contributed by atoms with Crippen LogP contribution < -0.4 is 19.9 Å². The highest BCUT2D eigenvalue weighted by atomic mass is 35.5. The largest absolute Gasteiger partial charge is 0.454 e. The number of benzene rings is 2. The summed E-state index contributed by atoms with van der Waals surface area (Å²) >= 11 is 6.08. The highest BCUT2D eigenvalue weighted by molar-refractivity contribution is 7.89. The predicted octanol–water partition coefficient (Wildman–Crippen LogP) is 2.21. The molecule has 0 spiro atoms. The predicted molar refractivity (Wildman–Crippen MR) is 91.3 cm³/mol. The van der Waals surface area contributed by atoms with Gasteiger partial charge in [-0.05, 0) is 36.8 Å². The first-order valence-corrected chi connectivity index (χ1v) is 9.21. The van der Waals surface area contributed by atoms with E-state index >= 15 is 0 Å². The molecular weight excluding hydrogens is 368 g/mol. The molecule has 3 rings (SSSR count). The van der Waals surface area contributed by atoms with Crippen LogP contribution in [0.2, 0.25) is 5.02 Å². The molecule has 9 heteroatoms.